The lowest BCUT2D eigenvalue weighted by Gasteiger charge is -2.29. The molecular weight excluding hydrogens is 319 g/mol. The van der Waals surface area contributed by atoms with Gasteiger partial charge in [0, 0.05) is 22.0 Å². The molecule has 2 aromatic rings. The minimum Gasteiger partial charge on any atom is -0.350 e. The highest BCUT2D eigenvalue weighted by Gasteiger charge is 3.12. The average Bonchev–Trinajstić information content (AvgIpc) is 3.33. The van der Waals surface area contributed by atoms with Gasteiger partial charge in [-0.2, -0.15) is 0 Å². The lowest BCUT2D eigenvalue weighted by molar-refractivity contribution is 0.0895. The van der Waals surface area contributed by atoms with E-state index in [1.165, 1.54) is 0 Å². The molecule has 1 aromatic carbocycles. The Morgan fingerprint density at radius 2 is 2.18 bits per heavy atom. The quantitative estimate of drug-likeness (QED) is 0.861. The summed E-state index contributed by atoms with van der Waals surface area (Å²) >= 11 is 12.2. The molecule has 4 saturated carbocycles. The summed E-state index contributed by atoms with van der Waals surface area (Å²) in [5.41, 5.74) is 2.43. The maximum absolute atomic E-state index is 12.6. The Kier molecular flexibility index (Phi) is 1.78. The van der Waals surface area contributed by atoms with Crippen LogP contribution in [-0.4, -0.2) is 16.9 Å². The molecule has 4 fully saturated rings. The van der Waals surface area contributed by atoms with E-state index >= 15 is 0 Å². The number of carbonyl (C=O) groups excluding carboxylic acids is 1. The average molecular weight is 333 g/mol. The number of benzene rings is 1. The van der Waals surface area contributed by atoms with E-state index in [9.17, 15) is 4.79 Å². The summed E-state index contributed by atoms with van der Waals surface area (Å²) in [4.78, 5) is 15.7. The number of H-pyrrole nitrogens is 1. The van der Waals surface area contributed by atoms with Crippen LogP contribution in [0.3, 0.4) is 0 Å². The van der Waals surface area contributed by atoms with Crippen LogP contribution >= 0.6 is 23.2 Å². The molecule has 1 spiro atoms. The van der Waals surface area contributed by atoms with Crippen molar-refractivity contribution in [2.75, 3.05) is 0 Å². The first-order valence-electron chi connectivity index (χ1n) is 7.78. The second-order valence-corrected chi connectivity index (χ2v) is 8.46. The molecule has 1 heterocycles. The second kappa shape index (κ2) is 3.20. The Hall–Kier alpha value is -1.19. The zero-order chi connectivity index (χ0) is 15.0. The summed E-state index contributed by atoms with van der Waals surface area (Å²) in [7, 11) is 0. The molecule has 0 radical (unpaired) electrons. The van der Waals surface area contributed by atoms with Crippen molar-refractivity contribution < 1.29 is 4.79 Å². The molecule has 6 unspecified atom stereocenters. The second-order valence-electron chi connectivity index (χ2n) is 7.62. The molecule has 1 amide bonds. The molecule has 2 N–H and O–H groups in total. The van der Waals surface area contributed by atoms with Crippen LogP contribution < -0.4 is 5.32 Å². The van der Waals surface area contributed by atoms with Gasteiger partial charge in [-0.25, -0.2) is 0 Å². The lowest BCUT2D eigenvalue weighted by atomic mass is 9.84. The van der Waals surface area contributed by atoms with Crippen molar-refractivity contribution >= 4 is 40.0 Å². The number of hydrogen-bond donors (Lipinski definition) is 2. The summed E-state index contributed by atoms with van der Waals surface area (Å²) in [5, 5.41) is 5.22. The SMILES string of the molecule is CC12C(NC(=O)c3cc4c(Cl)cc(Cl)cc4[nH]3)CC3C4C1C342. The van der Waals surface area contributed by atoms with Crippen LogP contribution in [0, 0.1) is 28.6 Å². The lowest BCUT2D eigenvalue weighted by Crippen LogP contribution is -2.43. The van der Waals surface area contributed by atoms with E-state index < -0.39 is 0 Å². The van der Waals surface area contributed by atoms with Crippen LogP contribution in [0.2, 0.25) is 10.0 Å². The standard InChI is InChI=1S/C17H14Cl2N2O/c1-16-12(5-8-13-14(16)17(8,13)16)21-15(22)11-4-7-9(19)2-6(18)3-10(7)20-11/h2-4,8,12-14,20H,5H2,1H3,(H,21,22). The molecule has 0 aliphatic heterocycles. The molecule has 0 saturated heterocycles. The van der Waals surface area contributed by atoms with Gasteiger partial charge in [-0.15, -0.1) is 0 Å². The van der Waals surface area contributed by atoms with Crippen LogP contribution in [0.15, 0.2) is 18.2 Å². The molecule has 5 heteroatoms. The summed E-state index contributed by atoms with van der Waals surface area (Å²) < 4.78 is 0. The minimum absolute atomic E-state index is 0.0323. The third-order valence-corrected chi connectivity index (χ3v) is 7.70. The number of carbonyl (C=O) groups is 1. The molecule has 112 valence electrons. The van der Waals surface area contributed by atoms with E-state index in [1.807, 2.05) is 6.07 Å². The monoisotopic (exact) mass is 332 g/mol. The van der Waals surface area contributed by atoms with Crippen molar-refractivity contribution in [3.63, 3.8) is 0 Å². The van der Waals surface area contributed by atoms with Crippen molar-refractivity contribution in [3.8, 4) is 0 Å². The normalized spacial score (nSPS) is 45.4. The molecule has 3 nitrogen and oxygen atoms in total. The fraction of sp³-hybridized carbons (Fsp3) is 0.471. The van der Waals surface area contributed by atoms with Gasteiger partial charge in [-0.05, 0) is 53.2 Å². The summed E-state index contributed by atoms with van der Waals surface area (Å²) in [5.74, 6) is 2.82. The van der Waals surface area contributed by atoms with Crippen LogP contribution in [0.4, 0.5) is 0 Å². The molecule has 1 aromatic heterocycles. The molecule has 0 bridgehead atoms. The van der Waals surface area contributed by atoms with Gasteiger partial charge in [0.25, 0.3) is 5.91 Å². The fourth-order valence-electron chi connectivity index (χ4n) is 6.15. The van der Waals surface area contributed by atoms with Gasteiger partial charge in [0.2, 0.25) is 0 Å². The van der Waals surface area contributed by atoms with Gasteiger partial charge in [0.15, 0.2) is 0 Å². The molecule has 6 atom stereocenters. The van der Waals surface area contributed by atoms with Gasteiger partial charge in [0.05, 0.1) is 5.02 Å². The smallest absolute Gasteiger partial charge is 0.267 e. The molecule has 4 aliphatic carbocycles. The molecule has 6 rings (SSSR count). The predicted molar refractivity (Wildman–Crippen MR) is 85.2 cm³/mol. The Balaban J connectivity index is 1.31. The van der Waals surface area contributed by atoms with E-state index in [2.05, 4.69) is 17.2 Å². The number of amides is 1. The summed E-state index contributed by atoms with van der Waals surface area (Å²) in [6, 6.07) is 5.65. The maximum atomic E-state index is 12.6. The van der Waals surface area contributed by atoms with Crippen molar-refractivity contribution in [2.24, 2.45) is 28.6 Å². The molecular formula is C17H14Cl2N2O. The third kappa shape index (κ3) is 1.04. The Bertz CT molecular complexity index is 897. The predicted octanol–water partition coefficient (Wildman–Crippen LogP) is 3.86. The van der Waals surface area contributed by atoms with E-state index in [4.69, 9.17) is 23.2 Å². The zero-order valence-corrected chi connectivity index (χ0v) is 13.4. The van der Waals surface area contributed by atoms with Crippen LogP contribution in [0.25, 0.3) is 10.9 Å². The number of rotatable bonds is 2. The molecule has 4 aliphatic rings. The largest absolute Gasteiger partial charge is 0.350 e. The highest BCUT2D eigenvalue weighted by molar-refractivity contribution is 6.38. The maximum Gasteiger partial charge on any atom is 0.267 e. The van der Waals surface area contributed by atoms with Crippen LogP contribution in [0.1, 0.15) is 23.8 Å². The molecule has 22 heavy (non-hydrogen) atoms. The number of hydrogen-bond acceptors (Lipinski definition) is 1. The van der Waals surface area contributed by atoms with E-state index in [-0.39, 0.29) is 5.91 Å². The minimum atomic E-state index is -0.0323. The van der Waals surface area contributed by atoms with E-state index in [1.54, 1.807) is 12.1 Å². The Morgan fingerprint density at radius 3 is 2.86 bits per heavy atom. The Labute approximate surface area is 137 Å². The number of aromatic amines is 1. The van der Waals surface area contributed by atoms with Crippen LogP contribution in [-0.2, 0) is 0 Å². The van der Waals surface area contributed by atoms with Gasteiger partial charge in [-0.3, -0.25) is 4.79 Å². The van der Waals surface area contributed by atoms with E-state index in [0.29, 0.717) is 32.6 Å². The van der Waals surface area contributed by atoms with Crippen molar-refractivity contribution in [1.29, 1.82) is 0 Å². The highest BCUT2D eigenvalue weighted by Crippen LogP contribution is 3.13. The van der Waals surface area contributed by atoms with Gasteiger partial charge < -0.3 is 10.3 Å². The number of halogens is 2. The summed E-state index contributed by atoms with van der Waals surface area (Å²) in [6.07, 6.45) is 1.16. The van der Waals surface area contributed by atoms with Crippen LogP contribution in [0.5, 0.6) is 0 Å². The van der Waals surface area contributed by atoms with Crippen molar-refractivity contribution in [3.05, 3.63) is 33.9 Å². The topological polar surface area (TPSA) is 44.9 Å². The summed E-state index contributed by atoms with van der Waals surface area (Å²) in [6.45, 7) is 2.36. The highest BCUT2D eigenvalue weighted by atomic mass is 35.5. The number of aromatic nitrogens is 1. The number of nitrogens with one attached hydrogen (secondary N) is 2. The van der Waals surface area contributed by atoms with Gasteiger partial charge in [-0.1, -0.05) is 30.1 Å². The Morgan fingerprint density at radius 1 is 1.36 bits per heavy atom. The first-order valence-corrected chi connectivity index (χ1v) is 8.54. The van der Waals surface area contributed by atoms with Gasteiger partial charge in [0.1, 0.15) is 5.69 Å². The van der Waals surface area contributed by atoms with Crippen molar-refractivity contribution in [1.82, 2.24) is 10.3 Å². The zero-order valence-electron chi connectivity index (χ0n) is 11.9. The first-order chi connectivity index (χ1) is 10.5. The third-order valence-electron chi connectivity index (χ3n) is 7.17. The first kappa shape index (κ1) is 12.3. The van der Waals surface area contributed by atoms with Gasteiger partial charge >= 0.3 is 0 Å². The fourth-order valence-corrected chi connectivity index (χ4v) is 6.70. The van der Waals surface area contributed by atoms with E-state index in [0.717, 1.165) is 35.1 Å². The van der Waals surface area contributed by atoms with Crippen molar-refractivity contribution in [2.45, 2.75) is 19.4 Å². The number of fused-ring (bicyclic) bond motifs is 4.